The minimum Gasteiger partial charge on any atom is -0.381 e. The first kappa shape index (κ1) is 14.6. The van der Waals surface area contributed by atoms with Crippen LogP contribution in [-0.4, -0.2) is 37.7 Å². The van der Waals surface area contributed by atoms with Crippen molar-refractivity contribution >= 4 is 0 Å². The van der Waals surface area contributed by atoms with Crippen LogP contribution in [-0.2, 0) is 10.2 Å². The zero-order chi connectivity index (χ0) is 14.5. The van der Waals surface area contributed by atoms with Gasteiger partial charge in [-0.25, -0.2) is 0 Å². The molecule has 2 saturated heterocycles. The molecule has 2 heterocycles. The van der Waals surface area contributed by atoms with Crippen LogP contribution in [0.5, 0.6) is 0 Å². The largest absolute Gasteiger partial charge is 0.381 e. The molecule has 0 amide bonds. The van der Waals surface area contributed by atoms with Crippen LogP contribution in [0.4, 0.5) is 0 Å². The first-order chi connectivity index (χ1) is 10.3. The Morgan fingerprint density at radius 1 is 1.24 bits per heavy atom. The summed E-state index contributed by atoms with van der Waals surface area (Å²) in [5.74, 6) is 0.685. The predicted octanol–water partition coefficient (Wildman–Crippen LogP) is 2.97. The molecule has 0 spiro atoms. The molecule has 0 saturated carbocycles. The van der Waals surface area contributed by atoms with E-state index in [1.165, 1.54) is 18.4 Å². The normalized spacial score (nSPS) is 26.1. The highest BCUT2D eigenvalue weighted by Gasteiger charge is 2.36. The van der Waals surface area contributed by atoms with E-state index in [-0.39, 0.29) is 5.41 Å². The molecule has 2 aliphatic rings. The average Bonchev–Trinajstić information content (AvgIpc) is 2.58. The molecule has 0 aromatic heterocycles. The molecule has 2 aliphatic heterocycles. The highest BCUT2D eigenvalue weighted by atomic mass is 16.5. The summed E-state index contributed by atoms with van der Waals surface area (Å²) in [4.78, 5) is 2.53. The second-order valence-corrected chi connectivity index (χ2v) is 6.44. The number of ether oxygens (including phenoxy) is 1. The maximum Gasteiger partial charge on any atom is 0.0846 e. The van der Waals surface area contributed by atoms with E-state index in [0.29, 0.717) is 5.92 Å². The third kappa shape index (κ3) is 3.28. The molecule has 1 atom stereocenters. The Hall–Kier alpha value is -1.37. The summed E-state index contributed by atoms with van der Waals surface area (Å²) in [6.45, 7) is 5.04. The van der Waals surface area contributed by atoms with Gasteiger partial charge in [0, 0.05) is 13.2 Å². The van der Waals surface area contributed by atoms with Crippen LogP contribution in [0.3, 0.4) is 0 Å². The lowest BCUT2D eigenvalue weighted by molar-refractivity contribution is 0.0328. The van der Waals surface area contributed by atoms with Crippen molar-refractivity contribution in [3.8, 4) is 6.07 Å². The fraction of sp³-hybridized carbons (Fsp3) is 0.611. The van der Waals surface area contributed by atoms with Gasteiger partial charge in [-0.15, -0.1) is 0 Å². The van der Waals surface area contributed by atoms with Crippen LogP contribution < -0.4 is 0 Å². The van der Waals surface area contributed by atoms with Crippen LogP contribution in [0.15, 0.2) is 30.3 Å². The number of rotatable bonds is 3. The Bertz CT molecular complexity index is 480. The number of likely N-dealkylation sites (tertiary alicyclic amines) is 1. The Balaban J connectivity index is 1.59. The number of nitriles is 1. The Morgan fingerprint density at radius 2 is 2.00 bits per heavy atom. The molecule has 3 heteroatoms. The molecule has 0 aliphatic carbocycles. The van der Waals surface area contributed by atoms with Gasteiger partial charge < -0.3 is 9.64 Å². The number of piperidine rings is 1. The number of hydrogen-bond acceptors (Lipinski definition) is 3. The van der Waals surface area contributed by atoms with Gasteiger partial charge in [0.1, 0.15) is 0 Å². The first-order valence-electron chi connectivity index (χ1n) is 8.09. The minimum absolute atomic E-state index is 0.277. The van der Waals surface area contributed by atoms with Crippen molar-refractivity contribution in [3.63, 3.8) is 0 Å². The van der Waals surface area contributed by atoms with E-state index in [1.807, 2.05) is 18.2 Å². The van der Waals surface area contributed by atoms with Crippen molar-refractivity contribution in [2.75, 3.05) is 32.8 Å². The molecule has 0 radical (unpaired) electrons. The maximum absolute atomic E-state index is 9.71. The summed E-state index contributed by atoms with van der Waals surface area (Å²) in [5, 5.41) is 9.71. The molecule has 3 nitrogen and oxygen atoms in total. The van der Waals surface area contributed by atoms with Crippen LogP contribution in [0.25, 0.3) is 0 Å². The molecule has 21 heavy (non-hydrogen) atoms. The maximum atomic E-state index is 9.71. The fourth-order valence-corrected chi connectivity index (χ4v) is 3.66. The van der Waals surface area contributed by atoms with Gasteiger partial charge in [0.25, 0.3) is 0 Å². The fourth-order valence-electron chi connectivity index (χ4n) is 3.66. The summed E-state index contributed by atoms with van der Waals surface area (Å²) >= 11 is 0. The Morgan fingerprint density at radius 3 is 2.62 bits per heavy atom. The highest BCUT2D eigenvalue weighted by Crippen LogP contribution is 2.35. The molecule has 1 aromatic carbocycles. The van der Waals surface area contributed by atoms with Gasteiger partial charge in [-0.2, -0.15) is 5.26 Å². The lowest BCUT2D eigenvalue weighted by Gasteiger charge is -2.39. The number of nitrogens with zero attached hydrogens (tertiary/aromatic N) is 2. The Kier molecular flexibility index (Phi) is 4.57. The molecular weight excluding hydrogens is 260 g/mol. The van der Waals surface area contributed by atoms with Crippen molar-refractivity contribution in [2.45, 2.75) is 31.1 Å². The first-order valence-corrected chi connectivity index (χ1v) is 8.09. The predicted molar refractivity (Wildman–Crippen MR) is 83.0 cm³/mol. The Labute approximate surface area is 127 Å². The van der Waals surface area contributed by atoms with E-state index in [0.717, 1.165) is 45.7 Å². The van der Waals surface area contributed by atoms with Crippen molar-refractivity contribution in [2.24, 2.45) is 5.92 Å². The van der Waals surface area contributed by atoms with Crippen molar-refractivity contribution < 1.29 is 4.74 Å². The van der Waals surface area contributed by atoms with Crippen molar-refractivity contribution in [3.05, 3.63) is 35.9 Å². The molecule has 112 valence electrons. The van der Waals surface area contributed by atoms with Gasteiger partial charge in [0.15, 0.2) is 0 Å². The average molecular weight is 284 g/mol. The lowest BCUT2D eigenvalue weighted by Crippen LogP contribution is -2.44. The van der Waals surface area contributed by atoms with Gasteiger partial charge in [-0.05, 0) is 50.3 Å². The van der Waals surface area contributed by atoms with E-state index in [4.69, 9.17) is 4.74 Å². The standard InChI is InChI=1S/C18H24N2O/c19-15-18(17-6-2-1-3-7-17)8-10-20(11-9-18)13-16-5-4-12-21-14-16/h1-3,6-7,16H,4-5,8-14H2. The van der Waals surface area contributed by atoms with Crippen LogP contribution >= 0.6 is 0 Å². The topological polar surface area (TPSA) is 36.3 Å². The quantitative estimate of drug-likeness (QED) is 0.856. The third-order valence-electron chi connectivity index (χ3n) is 5.02. The number of benzene rings is 1. The molecular formula is C18H24N2O. The van der Waals surface area contributed by atoms with E-state index in [1.54, 1.807) is 0 Å². The SMILES string of the molecule is N#CC1(c2ccccc2)CCN(CC2CCCOC2)CC1. The highest BCUT2D eigenvalue weighted by molar-refractivity contribution is 5.33. The lowest BCUT2D eigenvalue weighted by atomic mass is 9.74. The van der Waals surface area contributed by atoms with Crippen molar-refractivity contribution in [1.29, 1.82) is 5.26 Å². The van der Waals surface area contributed by atoms with Crippen molar-refractivity contribution in [1.82, 2.24) is 4.90 Å². The summed E-state index contributed by atoms with van der Waals surface area (Å²) in [6, 6.07) is 12.9. The van der Waals surface area contributed by atoms with E-state index in [9.17, 15) is 5.26 Å². The third-order valence-corrected chi connectivity index (χ3v) is 5.02. The summed E-state index contributed by atoms with van der Waals surface area (Å²) in [5.41, 5.74) is 0.911. The molecule has 1 unspecified atom stereocenters. The molecule has 0 bridgehead atoms. The zero-order valence-electron chi connectivity index (χ0n) is 12.6. The smallest absolute Gasteiger partial charge is 0.0846 e. The second kappa shape index (κ2) is 6.60. The van der Waals surface area contributed by atoms with Gasteiger partial charge in [0.2, 0.25) is 0 Å². The van der Waals surface area contributed by atoms with Gasteiger partial charge in [0.05, 0.1) is 18.1 Å². The zero-order valence-corrected chi connectivity index (χ0v) is 12.6. The molecule has 3 rings (SSSR count). The molecule has 0 N–H and O–H groups in total. The van der Waals surface area contributed by atoms with Gasteiger partial charge in [-0.3, -0.25) is 0 Å². The number of hydrogen-bond donors (Lipinski definition) is 0. The monoisotopic (exact) mass is 284 g/mol. The minimum atomic E-state index is -0.277. The van der Waals surface area contributed by atoms with E-state index < -0.39 is 0 Å². The second-order valence-electron chi connectivity index (χ2n) is 6.44. The van der Waals surface area contributed by atoms with E-state index in [2.05, 4.69) is 23.1 Å². The molecule has 2 fully saturated rings. The summed E-state index contributed by atoms with van der Waals surface area (Å²) in [7, 11) is 0. The van der Waals surface area contributed by atoms with Crippen LogP contribution in [0, 0.1) is 17.2 Å². The van der Waals surface area contributed by atoms with Gasteiger partial charge >= 0.3 is 0 Å². The summed E-state index contributed by atoms with van der Waals surface area (Å²) in [6.07, 6.45) is 4.38. The van der Waals surface area contributed by atoms with Crippen LogP contribution in [0.2, 0.25) is 0 Å². The van der Waals surface area contributed by atoms with Crippen LogP contribution in [0.1, 0.15) is 31.2 Å². The van der Waals surface area contributed by atoms with Gasteiger partial charge in [-0.1, -0.05) is 30.3 Å². The molecule has 1 aromatic rings. The summed E-state index contributed by atoms with van der Waals surface area (Å²) < 4.78 is 5.58. The van der Waals surface area contributed by atoms with E-state index >= 15 is 0 Å².